The molecule has 0 spiro atoms. The van der Waals surface area contributed by atoms with Gasteiger partial charge in [0.05, 0.1) is 13.2 Å². The van der Waals surface area contributed by atoms with E-state index in [2.05, 4.69) is 15.4 Å². The van der Waals surface area contributed by atoms with Gasteiger partial charge in [-0.25, -0.2) is 4.79 Å². The van der Waals surface area contributed by atoms with Crippen LogP contribution in [0.5, 0.6) is 0 Å². The fourth-order valence-electron chi connectivity index (χ4n) is 1.91. The maximum absolute atomic E-state index is 12.2. The Hall–Kier alpha value is -2.53. The van der Waals surface area contributed by atoms with Crippen LogP contribution < -0.4 is 5.56 Å². The average molecular weight is 297 g/mol. The predicted octanol–water partition coefficient (Wildman–Crippen LogP) is -1.71. The highest BCUT2D eigenvalue weighted by Gasteiger charge is 2.42. The summed E-state index contributed by atoms with van der Waals surface area (Å²) < 4.78 is 10.6. The van der Waals surface area contributed by atoms with E-state index < -0.39 is 23.9 Å². The number of rotatable bonds is 4. The summed E-state index contributed by atoms with van der Waals surface area (Å²) in [6.07, 6.45) is -1.30. The summed E-state index contributed by atoms with van der Waals surface area (Å²) >= 11 is 0. The van der Waals surface area contributed by atoms with Crippen LogP contribution >= 0.6 is 0 Å². The molecule has 1 saturated heterocycles. The molecule has 0 saturated carbocycles. The van der Waals surface area contributed by atoms with E-state index in [1.807, 2.05) is 0 Å². The van der Waals surface area contributed by atoms with Crippen LogP contribution in [-0.4, -0.2) is 60.5 Å². The second-order valence-electron chi connectivity index (χ2n) is 4.24. The molecule has 1 aliphatic heterocycles. The van der Waals surface area contributed by atoms with Crippen molar-refractivity contribution in [2.75, 3.05) is 13.2 Å². The largest absolute Gasteiger partial charge is 0.461 e. The van der Waals surface area contributed by atoms with Gasteiger partial charge in [0.1, 0.15) is 6.10 Å². The first-order chi connectivity index (χ1) is 10.1. The zero-order valence-electron chi connectivity index (χ0n) is 10.8. The van der Waals surface area contributed by atoms with E-state index >= 15 is 0 Å². The number of carbonyl (C=O) groups is 1. The van der Waals surface area contributed by atoms with Crippen molar-refractivity contribution >= 4 is 17.0 Å². The first-order valence-electron chi connectivity index (χ1n) is 6.09. The fourth-order valence-corrected chi connectivity index (χ4v) is 1.91. The minimum Gasteiger partial charge on any atom is -0.461 e. The second-order valence-corrected chi connectivity index (χ2v) is 4.24. The van der Waals surface area contributed by atoms with Crippen molar-refractivity contribution in [1.29, 1.82) is 0 Å². The highest BCUT2D eigenvalue weighted by molar-refractivity contribution is 5.99. The van der Waals surface area contributed by atoms with Gasteiger partial charge in [0.2, 0.25) is 5.69 Å². The van der Waals surface area contributed by atoms with E-state index in [4.69, 9.17) is 14.6 Å². The lowest BCUT2D eigenvalue weighted by molar-refractivity contribution is 0.0511. The monoisotopic (exact) mass is 297 g/mol. The number of aliphatic hydroxyl groups excluding tert-OH is 1. The van der Waals surface area contributed by atoms with Gasteiger partial charge in [-0.3, -0.25) is 4.79 Å². The zero-order chi connectivity index (χ0) is 15.1. The molecule has 3 rings (SSSR count). The Morgan fingerprint density at radius 3 is 2.90 bits per heavy atom. The van der Waals surface area contributed by atoms with Crippen molar-refractivity contribution in [3.05, 3.63) is 16.0 Å². The molecule has 11 heteroatoms. The molecule has 2 N–H and O–H groups in total. The number of epoxide rings is 1. The van der Waals surface area contributed by atoms with Crippen LogP contribution in [0.2, 0.25) is 0 Å². The number of aliphatic hydroxyl groups is 1. The van der Waals surface area contributed by atoms with Crippen LogP contribution in [0.3, 0.4) is 0 Å². The molecule has 0 aliphatic carbocycles. The Bertz CT molecular complexity index is 767. The number of aromatic nitrogens is 5. The topological polar surface area (TPSA) is 145 Å². The van der Waals surface area contributed by atoms with Crippen LogP contribution in [0.1, 0.15) is 23.6 Å². The van der Waals surface area contributed by atoms with E-state index in [-0.39, 0.29) is 34.8 Å². The highest BCUT2D eigenvalue weighted by atomic mass is 16.6. The van der Waals surface area contributed by atoms with Gasteiger partial charge in [0.25, 0.3) is 0 Å². The van der Waals surface area contributed by atoms with E-state index in [0.717, 1.165) is 4.68 Å². The fraction of sp³-hybridized carbons (Fsp3) is 0.500. The molecule has 3 heterocycles. The Labute approximate surface area is 116 Å². The molecule has 0 bridgehead atoms. The van der Waals surface area contributed by atoms with Crippen molar-refractivity contribution in [1.82, 2.24) is 24.9 Å². The number of carbonyl (C=O) groups excluding carboxylic acids is 1. The number of fused-ring (bicyclic) bond motifs is 1. The number of esters is 1. The van der Waals surface area contributed by atoms with Gasteiger partial charge < -0.3 is 19.8 Å². The number of hydrogen-bond acceptors (Lipinski definition) is 9. The summed E-state index contributed by atoms with van der Waals surface area (Å²) in [5.74, 6) is -0.822. The van der Waals surface area contributed by atoms with Crippen molar-refractivity contribution in [2.24, 2.45) is 0 Å². The van der Waals surface area contributed by atoms with Gasteiger partial charge in [-0.05, 0) is 6.92 Å². The third-order valence-corrected chi connectivity index (χ3v) is 2.94. The van der Waals surface area contributed by atoms with Crippen LogP contribution in [0.25, 0.3) is 11.0 Å². The van der Waals surface area contributed by atoms with Gasteiger partial charge in [0, 0.05) is 0 Å². The minimum atomic E-state index is -0.822. The van der Waals surface area contributed by atoms with Gasteiger partial charge in [0.15, 0.2) is 17.3 Å². The lowest BCUT2D eigenvalue weighted by Crippen LogP contribution is -2.26. The van der Waals surface area contributed by atoms with Gasteiger partial charge >= 0.3 is 11.5 Å². The minimum absolute atomic E-state index is 0.108. The van der Waals surface area contributed by atoms with E-state index in [1.54, 1.807) is 6.92 Å². The summed E-state index contributed by atoms with van der Waals surface area (Å²) in [5.41, 5.74) is -1.54. The molecule has 0 amide bonds. The van der Waals surface area contributed by atoms with Crippen molar-refractivity contribution in [2.45, 2.75) is 19.3 Å². The molecule has 2 aromatic heterocycles. The molecule has 112 valence electrons. The number of ether oxygens (including phenoxy) is 2. The van der Waals surface area contributed by atoms with E-state index in [9.17, 15) is 14.8 Å². The normalized spacial score (nSPS) is 20.7. The maximum atomic E-state index is 12.2. The number of hydrogen-bond donors (Lipinski definition) is 2. The quantitative estimate of drug-likeness (QED) is 0.382. The molecular weight excluding hydrogens is 286 g/mol. The molecule has 0 radical (unpaired) electrons. The zero-order valence-corrected chi connectivity index (χ0v) is 10.8. The first-order valence-corrected chi connectivity index (χ1v) is 6.09. The Morgan fingerprint density at radius 2 is 2.29 bits per heavy atom. The lowest BCUT2D eigenvalue weighted by Gasteiger charge is -1.99. The van der Waals surface area contributed by atoms with Crippen LogP contribution in [0.15, 0.2) is 4.79 Å². The molecule has 2 atom stereocenters. The van der Waals surface area contributed by atoms with E-state index in [1.165, 1.54) is 0 Å². The second kappa shape index (κ2) is 4.79. The molecule has 2 unspecified atom stereocenters. The maximum Gasteiger partial charge on any atom is 0.361 e. The highest BCUT2D eigenvalue weighted by Crippen LogP contribution is 2.31. The molecule has 0 aromatic carbocycles. The Morgan fingerprint density at radius 1 is 1.52 bits per heavy atom. The van der Waals surface area contributed by atoms with Gasteiger partial charge in [-0.15, -0.1) is 10.2 Å². The molecule has 1 aliphatic rings. The predicted molar refractivity (Wildman–Crippen MR) is 63.7 cm³/mol. The molecule has 1 fully saturated rings. The third kappa shape index (κ3) is 2.02. The molecule has 2 aromatic rings. The Kier molecular flexibility index (Phi) is 3.07. The van der Waals surface area contributed by atoms with Crippen molar-refractivity contribution < 1.29 is 24.6 Å². The standard InChI is InChI=1S/C10H11N5O6/c1-2-20-10(18)6-5-7(15(19)12-6)8(17)14(13-11-5)9-4(3-16)21-9/h4,9,16,19H,2-3H2,1H3. The smallest absolute Gasteiger partial charge is 0.361 e. The average Bonchev–Trinajstić information content (AvgIpc) is 3.16. The molecular formula is C10H11N5O6. The van der Waals surface area contributed by atoms with Crippen molar-refractivity contribution in [3.8, 4) is 0 Å². The van der Waals surface area contributed by atoms with Gasteiger partial charge in [-0.1, -0.05) is 10.1 Å². The first kappa shape index (κ1) is 13.5. The lowest BCUT2D eigenvalue weighted by atomic mass is 10.3. The summed E-state index contributed by atoms with van der Waals surface area (Å²) in [5, 5.41) is 29.4. The molecule has 11 nitrogen and oxygen atoms in total. The van der Waals surface area contributed by atoms with Crippen LogP contribution in [-0.2, 0) is 9.47 Å². The molecule has 21 heavy (non-hydrogen) atoms. The summed E-state index contributed by atoms with van der Waals surface area (Å²) in [6.45, 7) is 1.44. The third-order valence-electron chi connectivity index (χ3n) is 2.94. The Balaban J connectivity index is 2.11. The number of nitrogens with zero attached hydrogens (tertiary/aromatic N) is 5. The summed E-state index contributed by atoms with van der Waals surface area (Å²) in [7, 11) is 0. The van der Waals surface area contributed by atoms with Crippen molar-refractivity contribution in [3.63, 3.8) is 0 Å². The van der Waals surface area contributed by atoms with Crippen LogP contribution in [0, 0.1) is 0 Å². The van der Waals surface area contributed by atoms with Gasteiger partial charge in [-0.2, -0.15) is 4.68 Å². The summed E-state index contributed by atoms with van der Waals surface area (Å²) in [4.78, 5) is 24.1. The van der Waals surface area contributed by atoms with E-state index in [0.29, 0.717) is 0 Å². The SMILES string of the molecule is CCOC(=O)c1nn(O)c2c(=O)n(C3OC3CO)nnc12. The van der Waals surface area contributed by atoms with Crippen LogP contribution in [0.4, 0.5) is 0 Å². The summed E-state index contributed by atoms with van der Waals surface area (Å²) in [6, 6.07) is 0.